The molecule has 0 aliphatic carbocycles. The average Bonchev–Trinajstić information content (AvgIpc) is 2.34. The fourth-order valence-electron chi connectivity index (χ4n) is 2.55. The number of piperidine rings is 1. The van der Waals surface area contributed by atoms with E-state index in [4.69, 9.17) is 0 Å². The Bertz CT molecular complexity index is 412. The summed E-state index contributed by atoms with van der Waals surface area (Å²) in [6, 6.07) is 3.32. The van der Waals surface area contributed by atoms with E-state index in [1.54, 1.807) is 0 Å². The maximum atomic E-state index is 14.6. The van der Waals surface area contributed by atoms with Crippen molar-refractivity contribution in [2.75, 3.05) is 13.1 Å². The highest BCUT2D eigenvalue weighted by atomic mass is 19.1. The Morgan fingerprint density at radius 2 is 2.17 bits per heavy atom. The first-order valence-corrected chi connectivity index (χ1v) is 6.32. The van der Waals surface area contributed by atoms with Crippen LogP contribution in [-0.4, -0.2) is 18.8 Å². The van der Waals surface area contributed by atoms with E-state index in [2.05, 4.69) is 5.32 Å². The molecule has 4 heteroatoms. The zero-order valence-corrected chi connectivity index (χ0v) is 10.5. The first-order chi connectivity index (χ1) is 8.49. The third kappa shape index (κ3) is 3.05. The molecule has 18 heavy (non-hydrogen) atoms. The highest BCUT2D eigenvalue weighted by molar-refractivity contribution is 5.20. The van der Waals surface area contributed by atoms with Crippen LogP contribution < -0.4 is 5.32 Å². The molecule has 1 heterocycles. The van der Waals surface area contributed by atoms with Crippen LogP contribution in [0.4, 0.5) is 13.2 Å². The van der Waals surface area contributed by atoms with E-state index in [0.29, 0.717) is 6.54 Å². The summed E-state index contributed by atoms with van der Waals surface area (Å²) in [4.78, 5) is 0. The molecule has 1 N–H and O–H groups in total. The molecule has 100 valence electrons. The molecular formula is C14H18F3N. The Morgan fingerprint density at radius 3 is 2.78 bits per heavy atom. The fraction of sp³-hybridized carbons (Fsp3) is 0.571. The van der Waals surface area contributed by atoms with Crippen molar-refractivity contribution < 1.29 is 13.2 Å². The van der Waals surface area contributed by atoms with Crippen molar-refractivity contribution in [2.24, 2.45) is 5.92 Å². The summed E-state index contributed by atoms with van der Waals surface area (Å²) in [7, 11) is 0. The van der Waals surface area contributed by atoms with Gasteiger partial charge in [0.1, 0.15) is 17.3 Å². The van der Waals surface area contributed by atoms with Crippen LogP contribution in [0, 0.1) is 17.6 Å². The number of rotatable bonds is 3. The highest BCUT2D eigenvalue weighted by Crippen LogP contribution is 2.32. The predicted octanol–water partition coefficient (Wildman–Crippen LogP) is 3.24. The quantitative estimate of drug-likeness (QED) is 0.876. The molecule has 2 rings (SSSR count). The standard InChI is InChI=1S/C14H18F3N/c1-14(17,11-3-2-6-18-9-11)8-10-4-5-12(15)7-13(10)16/h4-5,7,11,18H,2-3,6,8-9H2,1H3. The maximum Gasteiger partial charge on any atom is 0.129 e. The van der Waals surface area contributed by atoms with Crippen molar-refractivity contribution in [3.8, 4) is 0 Å². The Morgan fingerprint density at radius 1 is 1.39 bits per heavy atom. The summed E-state index contributed by atoms with van der Waals surface area (Å²) in [5.41, 5.74) is -1.22. The van der Waals surface area contributed by atoms with Gasteiger partial charge < -0.3 is 5.32 Å². The number of halogens is 3. The average molecular weight is 257 g/mol. The van der Waals surface area contributed by atoms with Gasteiger partial charge in [-0.25, -0.2) is 13.2 Å². The van der Waals surface area contributed by atoms with Crippen LogP contribution in [0.3, 0.4) is 0 Å². The number of hydrogen-bond acceptors (Lipinski definition) is 1. The van der Waals surface area contributed by atoms with E-state index in [1.165, 1.54) is 19.1 Å². The molecule has 0 saturated carbocycles. The van der Waals surface area contributed by atoms with Crippen molar-refractivity contribution >= 4 is 0 Å². The Labute approximate surface area is 105 Å². The summed E-state index contributed by atoms with van der Waals surface area (Å²) >= 11 is 0. The summed E-state index contributed by atoms with van der Waals surface area (Å²) < 4.78 is 41.0. The van der Waals surface area contributed by atoms with Gasteiger partial charge >= 0.3 is 0 Å². The van der Waals surface area contributed by atoms with Gasteiger partial charge in [-0.05, 0) is 37.9 Å². The summed E-state index contributed by atoms with van der Waals surface area (Å²) in [5.74, 6) is -1.41. The first kappa shape index (κ1) is 13.4. The van der Waals surface area contributed by atoms with Crippen LogP contribution in [0.25, 0.3) is 0 Å². The Kier molecular flexibility index (Phi) is 3.95. The van der Waals surface area contributed by atoms with E-state index >= 15 is 0 Å². The molecule has 0 spiro atoms. The van der Waals surface area contributed by atoms with E-state index < -0.39 is 17.3 Å². The van der Waals surface area contributed by atoms with Crippen LogP contribution >= 0.6 is 0 Å². The summed E-state index contributed by atoms with van der Waals surface area (Å²) in [6.07, 6.45) is 1.74. The van der Waals surface area contributed by atoms with Crippen LogP contribution in [0.1, 0.15) is 25.3 Å². The van der Waals surface area contributed by atoms with Crippen LogP contribution in [-0.2, 0) is 6.42 Å². The molecule has 1 saturated heterocycles. The lowest BCUT2D eigenvalue weighted by molar-refractivity contribution is 0.0824. The number of benzene rings is 1. The van der Waals surface area contributed by atoms with E-state index in [1.807, 2.05) is 0 Å². The number of nitrogens with one attached hydrogen (secondary N) is 1. The zero-order valence-electron chi connectivity index (χ0n) is 10.5. The van der Waals surface area contributed by atoms with E-state index in [-0.39, 0.29) is 17.9 Å². The van der Waals surface area contributed by atoms with Crippen molar-refractivity contribution in [3.63, 3.8) is 0 Å². The van der Waals surface area contributed by atoms with Crippen molar-refractivity contribution in [2.45, 2.75) is 31.9 Å². The minimum absolute atomic E-state index is 0.00847. The van der Waals surface area contributed by atoms with E-state index in [9.17, 15) is 13.2 Å². The SMILES string of the molecule is CC(F)(Cc1ccc(F)cc1F)C1CCCNC1. The van der Waals surface area contributed by atoms with Gasteiger partial charge in [-0.3, -0.25) is 0 Å². The van der Waals surface area contributed by atoms with Crippen LogP contribution in [0.15, 0.2) is 18.2 Å². The van der Waals surface area contributed by atoms with Crippen molar-refractivity contribution in [1.82, 2.24) is 5.32 Å². The van der Waals surface area contributed by atoms with Crippen LogP contribution in [0.2, 0.25) is 0 Å². The molecule has 1 aliphatic heterocycles. The van der Waals surface area contributed by atoms with Gasteiger partial charge in [-0.2, -0.15) is 0 Å². The lowest BCUT2D eigenvalue weighted by Crippen LogP contribution is -2.42. The predicted molar refractivity (Wildman–Crippen MR) is 65.2 cm³/mol. The van der Waals surface area contributed by atoms with Gasteiger partial charge in [0.2, 0.25) is 0 Å². The lowest BCUT2D eigenvalue weighted by Gasteiger charge is -2.34. The maximum absolute atomic E-state index is 14.6. The second-order valence-electron chi connectivity index (χ2n) is 5.23. The molecule has 1 aromatic rings. The molecule has 2 unspecified atom stereocenters. The summed E-state index contributed by atoms with van der Waals surface area (Å²) in [6.45, 7) is 3.04. The first-order valence-electron chi connectivity index (χ1n) is 6.32. The normalized spacial score (nSPS) is 23.7. The number of hydrogen-bond donors (Lipinski definition) is 1. The van der Waals surface area contributed by atoms with Crippen molar-refractivity contribution in [1.29, 1.82) is 0 Å². The smallest absolute Gasteiger partial charge is 0.129 e. The molecule has 0 radical (unpaired) electrons. The molecule has 2 atom stereocenters. The highest BCUT2D eigenvalue weighted by Gasteiger charge is 2.35. The zero-order chi connectivity index (χ0) is 13.2. The van der Waals surface area contributed by atoms with Gasteiger partial charge in [0.15, 0.2) is 0 Å². The molecule has 1 aliphatic rings. The molecule has 0 amide bonds. The topological polar surface area (TPSA) is 12.0 Å². The molecule has 0 aromatic heterocycles. The minimum atomic E-state index is -1.47. The monoisotopic (exact) mass is 257 g/mol. The van der Waals surface area contributed by atoms with Gasteiger partial charge in [-0.1, -0.05) is 6.07 Å². The minimum Gasteiger partial charge on any atom is -0.316 e. The van der Waals surface area contributed by atoms with Gasteiger partial charge in [0.25, 0.3) is 0 Å². The van der Waals surface area contributed by atoms with Gasteiger partial charge in [0.05, 0.1) is 0 Å². The van der Waals surface area contributed by atoms with E-state index in [0.717, 1.165) is 25.5 Å². The molecule has 1 aromatic carbocycles. The largest absolute Gasteiger partial charge is 0.316 e. The molecule has 0 bridgehead atoms. The second kappa shape index (κ2) is 5.31. The third-order valence-corrected chi connectivity index (χ3v) is 3.70. The van der Waals surface area contributed by atoms with Crippen LogP contribution in [0.5, 0.6) is 0 Å². The molecular weight excluding hydrogens is 239 g/mol. The lowest BCUT2D eigenvalue weighted by atomic mass is 9.81. The Hall–Kier alpha value is -1.03. The fourth-order valence-corrected chi connectivity index (χ4v) is 2.55. The van der Waals surface area contributed by atoms with Gasteiger partial charge in [-0.15, -0.1) is 0 Å². The van der Waals surface area contributed by atoms with Gasteiger partial charge in [0, 0.05) is 24.9 Å². The third-order valence-electron chi connectivity index (χ3n) is 3.70. The second-order valence-corrected chi connectivity index (χ2v) is 5.23. The van der Waals surface area contributed by atoms with Crippen molar-refractivity contribution in [3.05, 3.63) is 35.4 Å². The molecule has 1 nitrogen and oxygen atoms in total. The molecule has 1 fully saturated rings. The summed E-state index contributed by atoms with van der Waals surface area (Å²) in [5, 5.41) is 3.16. The number of alkyl halides is 1. The Balaban J connectivity index is 2.10.